The van der Waals surface area contributed by atoms with Crippen molar-refractivity contribution in [3.63, 3.8) is 0 Å². The van der Waals surface area contributed by atoms with Crippen LogP contribution in [0.1, 0.15) is 11.1 Å². The van der Waals surface area contributed by atoms with Gasteiger partial charge in [0.15, 0.2) is 0 Å². The van der Waals surface area contributed by atoms with E-state index in [1.165, 1.54) is 26.8 Å². The second-order valence-corrected chi connectivity index (χ2v) is 8.80. The van der Waals surface area contributed by atoms with Crippen LogP contribution in [0, 0.1) is 0 Å². The molecule has 168 valence electrons. The van der Waals surface area contributed by atoms with Crippen LogP contribution in [0.5, 0.6) is 5.75 Å². The molecule has 0 saturated carbocycles. The highest BCUT2D eigenvalue weighted by atomic mass is 32.2. The molecule has 0 spiro atoms. The number of hydrogen-bond acceptors (Lipinski definition) is 5. The third-order valence-corrected chi connectivity index (χ3v) is 6.80. The van der Waals surface area contributed by atoms with E-state index in [1.54, 1.807) is 7.11 Å². The molecule has 1 aliphatic rings. The van der Waals surface area contributed by atoms with Crippen LogP contribution in [-0.4, -0.2) is 55.6 Å². The Morgan fingerprint density at radius 3 is 2.84 bits per heavy atom. The monoisotopic (exact) mass is 452 g/mol. The molecule has 32 heavy (non-hydrogen) atoms. The molecule has 3 aromatic rings. The van der Waals surface area contributed by atoms with Gasteiger partial charge in [0.05, 0.1) is 19.8 Å². The maximum absolute atomic E-state index is 10.8. The zero-order valence-electron chi connectivity index (χ0n) is 18.1. The smallest absolute Gasteiger partial charge is 0.404 e. The number of ether oxygens (including phenoxy) is 2. The SMILES string of the molecule is COc1ccc2ccccc2c1CSc1ccccc1CN1CCOC(CNC(=O)O)C1. The number of benzene rings is 3. The number of carbonyl (C=O) groups is 1. The average Bonchev–Trinajstić information content (AvgIpc) is 2.82. The van der Waals surface area contributed by atoms with Gasteiger partial charge >= 0.3 is 6.09 Å². The normalized spacial score (nSPS) is 16.7. The molecule has 3 aromatic carbocycles. The Morgan fingerprint density at radius 2 is 2.00 bits per heavy atom. The molecular weight excluding hydrogens is 424 g/mol. The molecule has 1 atom stereocenters. The number of carboxylic acid groups (broad SMARTS) is 1. The minimum absolute atomic E-state index is 0.125. The van der Waals surface area contributed by atoms with Gasteiger partial charge in [-0.15, -0.1) is 11.8 Å². The summed E-state index contributed by atoms with van der Waals surface area (Å²) in [5, 5.41) is 13.7. The molecule has 0 bridgehead atoms. The third-order valence-electron chi connectivity index (χ3n) is 5.66. The number of hydrogen-bond donors (Lipinski definition) is 2. The number of amides is 1. The molecule has 1 saturated heterocycles. The molecule has 7 heteroatoms. The van der Waals surface area contributed by atoms with Crippen molar-refractivity contribution in [2.45, 2.75) is 23.3 Å². The van der Waals surface area contributed by atoms with E-state index in [9.17, 15) is 4.79 Å². The third kappa shape index (κ3) is 5.54. The van der Waals surface area contributed by atoms with Gasteiger partial charge in [0.25, 0.3) is 0 Å². The van der Waals surface area contributed by atoms with Crippen molar-refractivity contribution in [2.24, 2.45) is 0 Å². The quantitative estimate of drug-likeness (QED) is 0.487. The van der Waals surface area contributed by atoms with Crippen LogP contribution in [0.2, 0.25) is 0 Å². The highest BCUT2D eigenvalue weighted by Gasteiger charge is 2.22. The summed E-state index contributed by atoms with van der Waals surface area (Å²) >= 11 is 1.82. The second-order valence-electron chi connectivity index (χ2n) is 7.78. The fourth-order valence-electron chi connectivity index (χ4n) is 4.07. The highest BCUT2D eigenvalue weighted by molar-refractivity contribution is 7.98. The van der Waals surface area contributed by atoms with E-state index in [1.807, 2.05) is 17.8 Å². The highest BCUT2D eigenvalue weighted by Crippen LogP contribution is 2.35. The Kier molecular flexibility index (Phi) is 7.52. The van der Waals surface area contributed by atoms with Crippen molar-refractivity contribution < 1.29 is 19.4 Å². The molecule has 1 heterocycles. The van der Waals surface area contributed by atoms with E-state index in [0.717, 1.165) is 24.6 Å². The van der Waals surface area contributed by atoms with E-state index < -0.39 is 6.09 Å². The Bertz CT molecular complexity index is 1070. The Hall–Kier alpha value is -2.74. The average molecular weight is 453 g/mol. The molecular formula is C25H28N2O4S. The van der Waals surface area contributed by atoms with Gasteiger partial charge in [-0.3, -0.25) is 4.90 Å². The number of fused-ring (bicyclic) bond motifs is 1. The zero-order valence-corrected chi connectivity index (χ0v) is 18.9. The number of thioether (sulfide) groups is 1. The Morgan fingerprint density at radius 1 is 1.19 bits per heavy atom. The van der Waals surface area contributed by atoms with Crippen molar-refractivity contribution in [1.82, 2.24) is 10.2 Å². The van der Waals surface area contributed by atoms with E-state index in [2.05, 4.69) is 64.8 Å². The Balaban J connectivity index is 1.47. The number of rotatable bonds is 8. The summed E-state index contributed by atoms with van der Waals surface area (Å²) in [4.78, 5) is 14.4. The minimum atomic E-state index is -1.02. The first kappa shape index (κ1) is 22.5. The lowest BCUT2D eigenvalue weighted by molar-refractivity contribution is -0.0295. The van der Waals surface area contributed by atoms with Crippen LogP contribution in [0.4, 0.5) is 4.79 Å². The molecule has 2 N–H and O–H groups in total. The van der Waals surface area contributed by atoms with Gasteiger partial charge in [-0.2, -0.15) is 0 Å². The van der Waals surface area contributed by atoms with Crippen molar-refractivity contribution >= 4 is 28.6 Å². The lowest BCUT2D eigenvalue weighted by Gasteiger charge is -2.33. The van der Waals surface area contributed by atoms with E-state index >= 15 is 0 Å². The van der Waals surface area contributed by atoms with Gasteiger partial charge in [-0.1, -0.05) is 48.5 Å². The van der Waals surface area contributed by atoms with Gasteiger partial charge in [-0.25, -0.2) is 4.79 Å². The van der Waals surface area contributed by atoms with Crippen LogP contribution in [0.15, 0.2) is 65.6 Å². The first-order valence-corrected chi connectivity index (χ1v) is 11.7. The second kappa shape index (κ2) is 10.7. The molecule has 0 aliphatic carbocycles. The molecule has 6 nitrogen and oxygen atoms in total. The van der Waals surface area contributed by atoms with Crippen molar-refractivity contribution in [2.75, 3.05) is 33.4 Å². The van der Waals surface area contributed by atoms with Crippen LogP contribution in [0.25, 0.3) is 10.8 Å². The summed E-state index contributed by atoms with van der Waals surface area (Å²) < 4.78 is 11.4. The summed E-state index contributed by atoms with van der Waals surface area (Å²) in [6.45, 7) is 3.26. The van der Waals surface area contributed by atoms with E-state index in [4.69, 9.17) is 14.6 Å². The molecule has 1 unspecified atom stereocenters. The lowest BCUT2D eigenvalue weighted by atomic mass is 10.0. The predicted octanol–water partition coefficient (Wildman–Crippen LogP) is 4.61. The molecule has 0 radical (unpaired) electrons. The fourth-order valence-corrected chi connectivity index (χ4v) is 5.16. The largest absolute Gasteiger partial charge is 0.496 e. The number of nitrogens with zero attached hydrogens (tertiary/aromatic N) is 1. The summed E-state index contributed by atoms with van der Waals surface area (Å²) in [6, 6.07) is 21.0. The summed E-state index contributed by atoms with van der Waals surface area (Å²) in [5.41, 5.74) is 2.47. The van der Waals surface area contributed by atoms with Gasteiger partial charge in [0, 0.05) is 42.4 Å². The minimum Gasteiger partial charge on any atom is -0.496 e. The molecule has 1 amide bonds. The van der Waals surface area contributed by atoms with E-state index in [-0.39, 0.29) is 6.10 Å². The number of morpholine rings is 1. The zero-order chi connectivity index (χ0) is 22.3. The van der Waals surface area contributed by atoms with Crippen LogP contribution < -0.4 is 10.1 Å². The van der Waals surface area contributed by atoms with Crippen LogP contribution in [-0.2, 0) is 17.0 Å². The fraction of sp³-hybridized carbons (Fsp3) is 0.320. The van der Waals surface area contributed by atoms with Crippen LogP contribution >= 0.6 is 11.8 Å². The Labute approximate surface area is 192 Å². The van der Waals surface area contributed by atoms with Gasteiger partial charge in [0.2, 0.25) is 0 Å². The number of nitrogens with one attached hydrogen (secondary N) is 1. The summed E-state index contributed by atoms with van der Waals surface area (Å²) in [7, 11) is 1.72. The first-order chi connectivity index (χ1) is 15.6. The number of methoxy groups -OCH3 is 1. The van der Waals surface area contributed by atoms with Gasteiger partial charge in [-0.05, 0) is 28.5 Å². The van der Waals surface area contributed by atoms with Crippen molar-refractivity contribution in [3.8, 4) is 5.75 Å². The standard InChI is InChI=1S/C25H28N2O4S/c1-30-23-11-10-18-6-2-4-8-21(18)22(23)17-32-24-9-5-3-7-19(24)15-27-12-13-31-20(16-27)14-26-25(28)29/h2-11,20,26H,12-17H2,1H3,(H,28,29). The predicted molar refractivity (Wildman–Crippen MR) is 128 cm³/mol. The van der Waals surface area contributed by atoms with Crippen molar-refractivity contribution in [1.29, 1.82) is 0 Å². The van der Waals surface area contributed by atoms with Crippen molar-refractivity contribution in [3.05, 3.63) is 71.8 Å². The topological polar surface area (TPSA) is 71.0 Å². The lowest BCUT2D eigenvalue weighted by Crippen LogP contribution is -2.47. The summed E-state index contributed by atoms with van der Waals surface area (Å²) in [5.74, 6) is 1.73. The molecule has 0 aromatic heterocycles. The van der Waals surface area contributed by atoms with Crippen LogP contribution in [0.3, 0.4) is 0 Å². The molecule has 1 fully saturated rings. The first-order valence-electron chi connectivity index (χ1n) is 10.7. The maximum Gasteiger partial charge on any atom is 0.404 e. The molecule has 1 aliphatic heterocycles. The van der Waals surface area contributed by atoms with Gasteiger partial charge in [0.1, 0.15) is 5.75 Å². The van der Waals surface area contributed by atoms with Gasteiger partial charge < -0.3 is 19.9 Å². The summed E-state index contributed by atoms with van der Waals surface area (Å²) in [6.07, 6.45) is -1.14. The van der Waals surface area contributed by atoms with E-state index in [0.29, 0.717) is 19.7 Å². The maximum atomic E-state index is 10.8. The molecule has 4 rings (SSSR count).